The summed E-state index contributed by atoms with van der Waals surface area (Å²) < 4.78 is 0. The Balaban J connectivity index is 2.07. The first-order chi connectivity index (χ1) is 6.29. The van der Waals surface area contributed by atoms with Crippen LogP contribution in [0.4, 0.5) is 0 Å². The van der Waals surface area contributed by atoms with Crippen molar-refractivity contribution in [1.82, 2.24) is 0 Å². The minimum atomic E-state index is 0.583. The number of allylic oxidation sites excluding steroid dienone is 4. The minimum absolute atomic E-state index is 0.583. The summed E-state index contributed by atoms with van der Waals surface area (Å²) in [5.41, 5.74) is 1.18. The molecule has 3 atom stereocenters. The second-order valence-electron chi connectivity index (χ2n) is 5.16. The number of hydrogen-bond donors (Lipinski definition) is 0. The lowest BCUT2D eigenvalue weighted by Crippen LogP contribution is -2.52. The third kappa shape index (κ3) is 0.734. The highest BCUT2D eigenvalue weighted by Crippen LogP contribution is 2.66. The van der Waals surface area contributed by atoms with Crippen LogP contribution in [0.1, 0.15) is 39.0 Å². The fourth-order valence-corrected chi connectivity index (χ4v) is 3.89. The van der Waals surface area contributed by atoms with Gasteiger partial charge in [0.25, 0.3) is 0 Å². The molecule has 0 aromatic carbocycles. The first-order valence-electron chi connectivity index (χ1n) is 5.66. The standard InChI is InChI=1S/C13H18/c1-11-5-4-7-12-6-2-3-8-13(11,12)10-9-12/h4-5,9-11H,2-3,6-8H2,1H3/t11-,12+,13-/m1/s1. The highest BCUT2D eigenvalue weighted by atomic mass is 14.6. The van der Waals surface area contributed by atoms with Crippen LogP contribution < -0.4 is 0 Å². The van der Waals surface area contributed by atoms with Gasteiger partial charge >= 0.3 is 0 Å². The van der Waals surface area contributed by atoms with Gasteiger partial charge in [0.15, 0.2) is 0 Å². The van der Waals surface area contributed by atoms with Crippen LogP contribution in [0.3, 0.4) is 0 Å². The summed E-state index contributed by atoms with van der Waals surface area (Å²) in [4.78, 5) is 0. The highest BCUT2D eigenvalue weighted by Gasteiger charge is 2.57. The second kappa shape index (κ2) is 2.29. The van der Waals surface area contributed by atoms with Gasteiger partial charge in [0.1, 0.15) is 0 Å². The molecule has 3 rings (SSSR count). The SMILES string of the molecule is C[C@@H]1C=CC[C@@]23C=C[C@]12CCCC3. The smallest absolute Gasteiger partial charge is 0.00359 e. The molecule has 0 aliphatic heterocycles. The monoisotopic (exact) mass is 174 g/mol. The van der Waals surface area contributed by atoms with E-state index < -0.39 is 0 Å². The Hall–Kier alpha value is -0.520. The van der Waals surface area contributed by atoms with E-state index in [-0.39, 0.29) is 0 Å². The van der Waals surface area contributed by atoms with Crippen molar-refractivity contribution in [2.75, 3.05) is 0 Å². The highest BCUT2D eigenvalue weighted by molar-refractivity contribution is 5.34. The van der Waals surface area contributed by atoms with Gasteiger partial charge in [-0.1, -0.05) is 44.1 Å². The zero-order chi connectivity index (χ0) is 8.94. The minimum Gasteiger partial charge on any atom is -0.0873 e. The molecule has 70 valence electrons. The van der Waals surface area contributed by atoms with Gasteiger partial charge < -0.3 is 0 Å². The number of rotatable bonds is 0. The maximum Gasteiger partial charge on any atom is 0.00359 e. The molecule has 0 unspecified atom stereocenters. The van der Waals surface area contributed by atoms with E-state index in [1.54, 1.807) is 0 Å². The van der Waals surface area contributed by atoms with Crippen molar-refractivity contribution in [2.45, 2.75) is 39.0 Å². The van der Waals surface area contributed by atoms with E-state index in [0.29, 0.717) is 10.8 Å². The largest absolute Gasteiger partial charge is 0.0873 e. The Bertz CT molecular complexity index is 286. The summed E-state index contributed by atoms with van der Waals surface area (Å²) in [6.45, 7) is 2.40. The van der Waals surface area contributed by atoms with E-state index in [4.69, 9.17) is 0 Å². The lowest BCUT2D eigenvalue weighted by atomic mass is 9.43. The average Bonchev–Trinajstić information content (AvgIpc) is 2.11. The Morgan fingerprint density at radius 1 is 1.15 bits per heavy atom. The quantitative estimate of drug-likeness (QED) is 0.491. The zero-order valence-corrected chi connectivity index (χ0v) is 8.42. The van der Waals surface area contributed by atoms with Crippen molar-refractivity contribution >= 4 is 0 Å². The first kappa shape index (κ1) is 7.84. The summed E-state index contributed by atoms with van der Waals surface area (Å²) >= 11 is 0. The van der Waals surface area contributed by atoms with E-state index >= 15 is 0 Å². The van der Waals surface area contributed by atoms with Gasteiger partial charge in [-0.2, -0.15) is 0 Å². The lowest BCUT2D eigenvalue weighted by Gasteiger charge is -2.61. The van der Waals surface area contributed by atoms with Crippen LogP contribution in [-0.4, -0.2) is 0 Å². The molecule has 0 bridgehead atoms. The van der Waals surface area contributed by atoms with Crippen LogP contribution in [0.25, 0.3) is 0 Å². The van der Waals surface area contributed by atoms with Gasteiger partial charge in [-0.15, -0.1) is 0 Å². The predicted molar refractivity (Wildman–Crippen MR) is 55.4 cm³/mol. The Labute approximate surface area is 80.7 Å². The maximum atomic E-state index is 2.51. The topological polar surface area (TPSA) is 0 Å². The summed E-state index contributed by atoms with van der Waals surface area (Å²) in [5.74, 6) is 0.784. The maximum absolute atomic E-state index is 2.51. The molecule has 0 aromatic rings. The van der Waals surface area contributed by atoms with Crippen molar-refractivity contribution in [1.29, 1.82) is 0 Å². The zero-order valence-electron chi connectivity index (χ0n) is 8.42. The van der Waals surface area contributed by atoms with Crippen molar-refractivity contribution < 1.29 is 0 Å². The van der Waals surface area contributed by atoms with Gasteiger partial charge in [-0.3, -0.25) is 0 Å². The molecule has 3 aliphatic carbocycles. The fraction of sp³-hybridized carbons (Fsp3) is 0.692. The first-order valence-corrected chi connectivity index (χ1v) is 5.66. The number of hydrogen-bond acceptors (Lipinski definition) is 0. The third-order valence-electron chi connectivity index (χ3n) is 4.81. The summed E-state index contributed by atoms with van der Waals surface area (Å²) in [7, 11) is 0. The molecule has 0 spiro atoms. The lowest BCUT2D eigenvalue weighted by molar-refractivity contribution is 0.00167. The van der Waals surface area contributed by atoms with E-state index in [1.165, 1.54) is 32.1 Å². The molecule has 0 heterocycles. The second-order valence-corrected chi connectivity index (χ2v) is 5.16. The Morgan fingerprint density at radius 3 is 2.69 bits per heavy atom. The van der Waals surface area contributed by atoms with Crippen molar-refractivity contribution in [2.24, 2.45) is 16.7 Å². The van der Waals surface area contributed by atoms with Gasteiger partial charge in [-0.05, 0) is 25.2 Å². The van der Waals surface area contributed by atoms with Gasteiger partial charge in [0.05, 0.1) is 0 Å². The molecule has 0 aromatic heterocycles. The molecular weight excluding hydrogens is 156 g/mol. The Morgan fingerprint density at radius 2 is 2.00 bits per heavy atom. The van der Waals surface area contributed by atoms with E-state index in [9.17, 15) is 0 Å². The summed E-state index contributed by atoms with van der Waals surface area (Å²) in [6.07, 6.45) is 17.0. The molecule has 0 saturated heterocycles. The van der Waals surface area contributed by atoms with Crippen LogP contribution >= 0.6 is 0 Å². The average molecular weight is 174 g/mol. The Kier molecular flexibility index (Phi) is 1.38. The van der Waals surface area contributed by atoms with E-state index in [1.807, 2.05) is 0 Å². The van der Waals surface area contributed by atoms with E-state index in [0.717, 1.165) is 5.92 Å². The van der Waals surface area contributed by atoms with Crippen LogP contribution in [0.2, 0.25) is 0 Å². The molecule has 0 heteroatoms. The molecule has 0 radical (unpaired) electrons. The van der Waals surface area contributed by atoms with Crippen LogP contribution in [0, 0.1) is 16.7 Å². The molecule has 0 amide bonds. The molecule has 1 fully saturated rings. The fourth-order valence-electron chi connectivity index (χ4n) is 3.89. The molecule has 13 heavy (non-hydrogen) atoms. The van der Waals surface area contributed by atoms with Crippen LogP contribution in [0.5, 0.6) is 0 Å². The molecule has 0 nitrogen and oxygen atoms in total. The normalized spacial score (nSPS) is 52.2. The van der Waals surface area contributed by atoms with Crippen LogP contribution in [-0.2, 0) is 0 Å². The van der Waals surface area contributed by atoms with Gasteiger partial charge in [0, 0.05) is 10.8 Å². The van der Waals surface area contributed by atoms with Gasteiger partial charge in [0.2, 0.25) is 0 Å². The predicted octanol–water partition coefficient (Wildman–Crippen LogP) is 3.70. The molecule has 3 aliphatic rings. The van der Waals surface area contributed by atoms with Crippen molar-refractivity contribution in [3.05, 3.63) is 24.3 Å². The van der Waals surface area contributed by atoms with Crippen molar-refractivity contribution in [3.8, 4) is 0 Å². The third-order valence-corrected chi connectivity index (χ3v) is 4.81. The summed E-state index contributed by atoms with van der Waals surface area (Å²) in [5, 5.41) is 0. The molecule has 0 N–H and O–H groups in total. The van der Waals surface area contributed by atoms with Crippen molar-refractivity contribution in [3.63, 3.8) is 0 Å². The molecule has 1 saturated carbocycles. The van der Waals surface area contributed by atoms with E-state index in [2.05, 4.69) is 31.2 Å². The van der Waals surface area contributed by atoms with Gasteiger partial charge in [-0.25, -0.2) is 0 Å². The van der Waals surface area contributed by atoms with Crippen LogP contribution in [0.15, 0.2) is 24.3 Å². The molecular formula is C13H18. The summed E-state index contributed by atoms with van der Waals surface area (Å²) in [6, 6.07) is 0.